The highest BCUT2D eigenvalue weighted by atomic mass is 35.5. The summed E-state index contributed by atoms with van der Waals surface area (Å²) in [5.74, 6) is -0.458. The minimum atomic E-state index is -0.927. The molecule has 162 valence electrons. The van der Waals surface area contributed by atoms with Gasteiger partial charge in [-0.15, -0.1) is 11.8 Å². The van der Waals surface area contributed by atoms with Gasteiger partial charge in [-0.2, -0.15) is 0 Å². The zero-order valence-electron chi connectivity index (χ0n) is 16.9. The number of carboxylic acid groups (broad SMARTS) is 1. The van der Waals surface area contributed by atoms with E-state index in [9.17, 15) is 19.8 Å². The van der Waals surface area contributed by atoms with Gasteiger partial charge < -0.3 is 20.1 Å². The Kier molecular flexibility index (Phi) is 9.02. The molecule has 0 radical (unpaired) electrons. The van der Waals surface area contributed by atoms with Crippen LogP contribution >= 0.6 is 23.4 Å². The van der Waals surface area contributed by atoms with Crippen molar-refractivity contribution in [2.75, 3.05) is 12.4 Å². The molecule has 0 bridgehead atoms. The molecule has 2 aromatic rings. The third-order valence-electron chi connectivity index (χ3n) is 4.33. The molecule has 0 aliphatic carbocycles. The maximum atomic E-state index is 11.6. The van der Waals surface area contributed by atoms with Crippen molar-refractivity contribution in [3.8, 4) is 11.5 Å². The first-order chi connectivity index (χ1) is 14.2. The number of ketones is 1. The van der Waals surface area contributed by atoms with Crippen LogP contribution < -0.4 is 4.74 Å². The third-order valence-corrected chi connectivity index (χ3v) is 5.98. The molecule has 6 nitrogen and oxygen atoms in total. The van der Waals surface area contributed by atoms with Crippen LogP contribution in [0.25, 0.3) is 0 Å². The lowest BCUT2D eigenvalue weighted by molar-refractivity contribution is -0.136. The Bertz CT molecular complexity index is 915. The van der Waals surface area contributed by atoms with Crippen LogP contribution in [0.3, 0.4) is 0 Å². The summed E-state index contributed by atoms with van der Waals surface area (Å²) in [6, 6.07) is 8.20. The predicted octanol–water partition coefficient (Wildman–Crippen LogP) is 4.36. The van der Waals surface area contributed by atoms with Crippen LogP contribution in [0.1, 0.15) is 41.8 Å². The molecule has 8 heteroatoms. The van der Waals surface area contributed by atoms with E-state index in [1.54, 1.807) is 24.3 Å². The summed E-state index contributed by atoms with van der Waals surface area (Å²) in [4.78, 5) is 23.2. The summed E-state index contributed by atoms with van der Waals surface area (Å²) < 4.78 is 5.72. The summed E-state index contributed by atoms with van der Waals surface area (Å²) in [6.45, 7) is 3.36. The molecule has 0 heterocycles. The van der Waals surface area contributed by atoms with Crippen molar-refractivity contribution in [1.29, 1.82) is 0 Å². The van der Waals surface area contributed by atoms with Gasteiger partial charge in [0.25, 0.3) is 0 Å². The summed E-state index contributed by atoms with van der Waals surface area (Å²) in [5, 5.41) is 29.9. The molecule has 2 aromatic carbocycles. The van der Waals surface area contributed by atoms with Crippen LogP contribution in [-0.2, 0) is 17.6 Å². The minimum Gasteiger partial charge on any atom is -0.507 e. The molecule has 0 aromatic heterocycles. The van der Waals surface area contributed by atoms with Gasteiger partial charge in [0, 0.05) is 16.2 Å². The van der Waals surface area contributed by atoms with Gasteiger partial charge >= 0.3 is 5.97 Å². The largest absolute Gasteiger partial charge is 0.507 e. The minimum absolute atomic E-state index is 0.0112. The van der Waals surface area contributed by atoms with Crippen molar-refractivity contribution < 1.29 is 29.6 Å². The second-order valence-electron chi connectivity index (χ2n) is 6.86. The normalized spacial score (nSPS) is 11.9. The molecule has 0 saturated heterocycles. The number of phenols is 1. The lowest BCUT2D eigenvalue weighted by atomic mass is 10.0. The number of halogens is 1. The predicted molar refractivity (Wildman–Crippen MR) is 117 cm³/mol. The standard InChI is InChI=1S/C22H25ClO6S/c1-3-4-17-19(7-6-16(13(2)24)22(17)28)29-11-15(25)12-30-20-8-5-14(9-18(20)23)10-21(26)27/h5-9,15,25,28H,3-4,10-12H2,1-2H3,(H,26,27). The van der Waals surface area contributed by atoms with Crippen molar-refractivity contribution in [2.45, 2.75) is 44.1 Å². The number of rotatable bonds is 11. The number of carbonyl (C=O) groups excluding carboxylic acids is 1. The number of hydrogen-bond donors (Lipinski definition) is 3. The van der Waals surface area contributed by atoms with Gasteiger partial charge in [0.05, 0.1) is 23.1 Å². The van der Waals surface area contributed by atoms with E-state index in [2.05, 4.69) is 0 Å². The molecule has 1 atom stereocenters. The molecule has 3 N–H and O–H groups in total. The average molecular weight is 453 g/mol. The molecule has 0 aliphatic heterocycles. The van der Waals surface area contributed by atoms with Crippen LogP contribution in [0, 0.1) is 0 Å². The second-order valence-corrected chi connectivity index (χ2v) is 8.32. The second kappa shape index (κ2) is 11.2. The van der Waals surface area contributed by atoms with Crippen molar-refractivity contribution in [1.82, 2.24) is 0 Å². The van der Waals surface area contributed by atoms with E-state index in [0.29, 0.717) is 34.1 Å². The lowest BCUT2D eigenvalue weighted by Crippen LogP contribution is -2.20. The zero-order chi connectivity index (χ0) is 22.3. The zero-order valence-corrected chi connectivity index (χ0v) is 18.4. The first-order valence-electron chi connectivity index (χ1n) is 9.52. The van der Waals surface area contributed by atoms with E-state index in [1.807, 2.05) is 6.92 Å². The molecule has 1 unspecified atom stereocenters. The molecule has 0 fully saturated rings. The summed E-state index contributed by atoms with van der Waals surface area (Å²) in [7, 11) is 0. The fraction of sp³-hybridized carbons (Fsp3) is 0.364. The van der Waals surface area contributed by atoms with Crippen LogP contribution in [0.4, 0.5) is 0 Å². The van der Waals surface area contributed by atoms with Crippen LogP contribution in [0.2, 0.25) is 5.02 Å². The molecular formula is C22H25ClO6S. The number of aliphatic carboxylic acids is 1. The summed E-state index contributed by atoms with van der Waals surface area (Å²) in [6.07, 6.45) is 0.413. The van der Waals surface area contributed by atoms with Crippen LogP contribution in [-0.4, -0.2) is 45.5 Å². The maximum Gasteiger partial charge on any atom is 0.307 e. The fourth-order valence-electron chi connectivity index (χ4n) is 2.89. The Hall–Kier alpha value is -2.22. The van der Waals surface area contributed by atoms with Gasteiger partial charge in [0.2, 0.25) is 0 Å². The van der Waals surface area contributed by atoms with Crippen LogP contribution in [0.15, 0.2) is 35.2 Å². The Morgan fingerprint density at radius 1 is 1.23 bits per heavy atom. The molecule has 0 amide bonds. The highest BCUT2D eigenvalue weighted by molar-refractivity contribution is 7.99. The van der Waals surface area contributed by atoms with Crippen molar-refractivity contribution in [2.24, 2.45) is 0 Å². The Morgan fingerprint density at radius 3 is 2.57 bits per heavy atom. The number of carbonyl (C=O) groups is 2. The average Bonchev–Trinajstić information content (AvgIpc) is 2.67. The van der Waals surface area contributed by atoms with Gasteiger partial charge in [0.1, 0.15) is 18.1 Å². The van der Waals surface area contributed by atoms with Gasteiger partial charge in [0.15, 0.2) is 5.78 Å². The van der Waals surface area contributed by atoms with E-state index in [-0.39, 0.29) is 30.1 Å². The first kappa shape index (κ1) is 24.1. The number of aliphatic hydroxyl groups is 1. The number of hydrogen-bond acceptors (Lipinski definition) is 6. The number of ether oxygens (including phenoxy) is 1. The third kappa shape index (κ3) is 6.65. The van der Waals surface area contributed by atoms with E-state index < -0.39 is 12.1 Å². The molecule has 0 saturated carbocycles. The maximum absolute atomic E-state index is 11.6. The van der Waals surface area contributed by atoms with Crippen molar-refractivity contribution in [3.05, 3.63) is 52.0 Å². The molecule has 0 aliphatic rings. The molecule has 0 spiro atoms. The van der Waals surface area contributed by atoms with Gasteiger partial charge in [-0.05, 0) is 43.2 Å². The Balaban J connectivity index is 1.98. The highest BCUT2D eigenvalue weighted by Gasteiger charge is 2.17. The monoisotopic (exact) mass is 452 g/mol. The van der Waals surface area contributed by atoms with E-state index >= 15 is 0 Å². The Morgan fingerprint density at radius 2 is 1.97 bits per heavy atom. The fourth-order valence-corrected chi connectivity index (χ4v) is 4.09. The highest BCUT2D eigenvalue weighted by Crippen LogP contribution is 2.33. The number of Topliss-reactive ketones (excluding diaryl/α,β-unsaturated/α-hetero) is 1. The van der Waals surface area contributed by atoms with Crippen LogP contribution in [0.5, 0.6) is 11.5 Å². The van der Waals surface area contributed by atoms with E-state index in [0.717, 1.165) is 11.3 Å². The number of benzene rings is 2. The van der Waals surface area contributed by atoms with Crippen molar-refractivity contribution in [3.63, 3.8) is 0 Å². The van der Waals surface area contributed by atoms with E-state index in [4.69, 9.17) is 21.4 Å². The number of carboxylic acids is 1. The van der Waals surface area contributed by atoms with Crippen molar-refractivity contribution >= 4 is 35.1 Å². The topological polar surface area (TPSA) is 104 Å². The number of aliphatic hydroxyl groups excluding tert-OH is 1. The lowest BCUT2D eigenvalue weighted by Gasteiger charge is -2.17. The summed E-state index contributed by atoms with van der Waals surface area (Å²) >= 11 is 7.54. The molecule has 30 heavy (non-hydrogen) atoms. The number of aromatic hydroxyl groups is 1. The number of thioether (sulfide) groups is 1. The quantitative estimate of drug-likeness (QED) is 0.343. The van der Waals surface area contributed by atoms with Gasteiger partial charge in [-0.25, -0.2) is 0 Å². The van der Waals surface area contributed by atoms with E-state index in [1.165, 1.54) is 24.8 Å². The smallest absolute Gasteiger partial charge is 0.307 e. The van der Waals surface area contributed by atoms with Gasteiger partial charge in [-0.3, -0.25) is 9.59 Å². The SMILES string of the molecule is CCCc1c(OCC(O)CSc2ccc(CC(=O)O)cc2Cl)ccc(C(C)=O)c1O. The first-order valence-corrected chi connectivity index (χ1v) is 10.9. The molecule has 2 rings (SSSR count). The van der Waals surface area contributed by atoms with Gasteiger partial charge in [-0.1, -0.05) is 31.0 Å². The molecular weight excluding hydrogens is 428 g/mol. The summed E-state index contributed by atoms with van der Waals surface area (Å²) in [5.41, 5.74) is 1.42. The Labute approximate surface area is 184 Å². The number of phenolic OH excluding ortho intramolecular Hbond substituents is 1.